The van der Waals surface area contributed by atoms with Crippen LogP contribution < -0.4 is 10.6 Å². The number of benzene rings is 1. The van der Waals surface area contributed by atoms with Gasteiger partial charge >= 0.3 is 0 Å². The molecule has 3 aromatic heterocycles. The van der Waals surface area contributed by atoms with Crippen molar-refractivity contribution in [3.05, 3.63) is 34.6 Å². The van der Waals surface area contributed by atoms with Crippen LogP contribution in [0, 0.1) is 0 Å². The SMILES string of the molecule is NC1CC2CC[C@@H](C1)N2c1cnc2c(-c3ccc4nc(C5CCOC5)sc4c3Cl)c[nH]c2n1. The first-order valence-corrected chi connectivity index (χ1v) is 12.9. The number of fused-ring (bicyclic) bond motifs is 4. The summed E-state index contributed by atoms with van der Waals surface area (Å²) < 4.78 is 6.57. The first kappa shape index (κ1) is 20.1. The van der Waals surface area contributed by atoms with E-state index < -0.39 is 0 Å². The van der Waals surface area contributed by atoms with Gasteiger partial charge in [0.2, 0.25) is 0 Å². The lowest BCUT2D eigenvalue weighted by molar-refractivity contribution is 0.194. The number of nitrogens with zero attached hydrogens (tertiary/aromatic N) is 4. The first-order chi connectivity index (χ1) is 16.2. The third-order valence-electron chi connectivity index (χ3n) is 7.48. The molecule has 0 saturated carbocycles. The molecule has 0 aliphatic carbocycles. The number of aromatic amines is 1. The highest BCUT2D eigenvalue weighted by molar-refractivity contribution is 7.19. The number of nitrogens with one attached hydrogen (secondary N) is 1. The van der Waals surface area contributed by atoms with Crippen molar-refractivity contribution in [2.45, 2.75) is 56.1 Å². The molecule has 1 aromatic carbocycles. The molecule has 3 aliphatic rings. The van der Waals surface area contributed by atoms with E-state index in [9.17, 15) is 0 Å². The van der Waals surface area contributed by atoms with Gasteiger partial charge in [0.05, 0.1) is 33.1 Å². The number of H-pyrrole nitrogens is 1. The Bertz CT molecular complexity index is 1350. The largest absolute Gasteiger partial charge is 0.381 e. The van der Waals surface area contributed by atoms with Gasteiger partial charge in [-0.1, -0.05) is 17.7 Å². The molecule has 3 saturated heterocycles. The summed E-state index contributed by atoms with van der Waals surface area (Å²) in [6, 6.07) is 5.36. The Morgan fingerprint density at radius 2 is 1.97 bits per heavy atom. The van der Waals surface area contributed by atoms with E-state index >= 15 is 0 Å². The summed E-state index contributed by atoms with van der Waals surface area (Å²) >= 11 is 8.60. The lowest BCUT2D eigenvalue weighted by atomic mass is 9.98. The molecule has 0 amide bonds. The molecule has 2 bridgehead atoms. The highest BCUT2D eigenvalue weighted by Gasteiger charge is 2.40. The van der Waals surface area contributed by atoms with Crippen molar-refractivity contribution in [2.24, 2.45) is 5.73 Å². The number of nitrogens with two attached hydrogens (primary N) is 1. The topological polar surface area (TPSA) is 93.0 Å². The Labute approximate surface area is 200 Å². The molecule has 3 N–H and O–H groups in total. The fourth-order valence-corrected chi connectivity index (χ4v) is 7.40. The maximum absolute atomic E-state index is 6.92. The fourth-order valence-electron chi connectivity index (χ4n) is 5.90. The molecule has 0 radical (unpaired) electrons. The second kappa shape index (κ2) is 7.63. The molecule has 3 fully saturated rings. The number of piperidine rings is 1. The number of aromatic nitrogens is 4. The summed E-state index contributed by atoms with van der Waals surface area (Å²) in [6.45, 7) is 1.55. The number of ether oxygens (including phenoxy) is 1. The molecule has 9 heteroatoms. The molecular formula is C24H25ClN6OS. The molecule has 3 unspecified atom stereocenters. The van der Waals surface area contributed by atoms with Gasteiger partial charge in [0.1, 0.15) is 11.3 Å². The summed E-state index contributed by atoms with van der Waals surface area (Å²) in [5, 5.41) is 1.84. The van der Waals surface area contributed by atoms with Crippen LogP contribution in [-0.4, -0.2) is 51.3 Å². The molecule has 6 heterocycles. The Kier molecular flexibility index (Phi) is 4.66. The van der Waals surface area contributed by atoms with Gasteiger partial charge in [0, 0.05) is 48.0 Å². The first-order valence-electron chi connectivity index (χ1n) is 11.7. The summed E-state index contributed by atoms with van der Waals surface area (Å²) in [4.78, 5) is 20.4. The van der Waals surface area contributed by atoms with Crippen molar-refractivity contribution in [3.8, 4) is 11.1 Å². The second-order valence-electron chi connectivity index (χ2n) is 9.54. The number of hydrogen-bond acceptors (Lipinski definition) is 7. The van der Waals surface area contributed by atoms with Crippen molar-refractivity contribution < 1.29 is 4.74 Å². The van der Waals surface area contributed by atoms with E-state index in [1.165, 1.54) is 12.8 Å². The Hall–Kier alpha value is -2.26. The number of rotatable bonds is 3. The van der Waals surface area contributed by atoms with Gasteiger partial charge < -0.3 is 20.4 Å². The lowest BCUT2D eigenvalue weighted by Gasteiger charge is -2.38. The summed E-state index contributed by atoms with van der Waals surface area (Å²) in [5.41, 5.74) is 10.8. The smallest absolute Gasteiger partial charge is 0.159 e. The van der Waals surface area contributed by atoms with Crippen molar-refractivity contribution in [3.63, 3.8) is 0 Å². The highest BCUT2D eigenvalue weighted by Crippen LogP contribution is 2.42. The Morgan fingerprint density at radius 1 is 1.12 bits per heavy atom. The summed E-state index contributed by atoms with van der Waals surface area (Å²) in [5.74, 6) is 1.32. The number of halogens is 1. The van der Waals surface area contributed by atoms with Gasteiger partial charge in [-0.3, -0.25) is 0 Å². The van der Waals surface area contributed by atoms with Crippen LogP contribution in [0.25, 0.3) is 32.5 Å². The average Bonchev–Trinajstić information content (AvgIpc) is 3.59. The molecule has 3 aliphatic heterocycles. The minimum Gasteiger partial charge on any atom is -0.381 e. The fraction of sp³-hybridized carbons (Fsp3) is 0.458. The van der Waals surface area contributed by atoms with E-state index in [0.29, 0.717) is 24.0 Å². The van der Waals surface area contributed by atoms with Crippen molar-refractivity contribution in [1.82, 2.24) is 19.9 Å². The number of thiazole rings is 1. The molecule has 0 spiro atoms. The predicted octanol–water partition coefficient (Wildman–Crippen LogP) is 4.85. The van der Waals surface area contributed by atoms with Gasteiger partial charge in [-0.25, -0.2) is 15.0 Å². The van der Waals surface area contributed by atoms with E-state index in [0.717, 1.165) is 80.8 Å². The summed E-state index contributed by atoms with van der Waals surface area (Å²) in [6.07, 6.45) is 9.35. The lowest BCUT2D eigenvalue weighted by Crippen LogP contribution is -2.47. The molecule has 170 valence electrons. The average molecular weight is 481 g/mol. The van der Waals surface area contributed by atoms with Crippen LogP contribution in [0.5, 0.6) is 0 Å². The zero-order valence-electron chi connectivity index (χ0n) is 18.1. The summed E-state index contributed by atoms with van der Waals surface area (Å²) in [7, 11) is 0. The van der Waals surface area contributed by atoms with Gasteiger partial charge in [0.15, 0.2) is 5.65 Å². The third kappa shape index (κ3) is 3.19. The van der Waals surface area contributed by atoms with Gasteiger partial charge in [0.25, 0.3) is 0 Å². The van der Waals surface area contributed by atoms with E-state index in [1.807, 2.05) is 18.5 Å². The van der Waals surface area contributed by atoms with Crippen molar-refractivity contribution >= 4 is 50.1 Å². The Balaban J connectivity index is 1.26. The van der Waals surface area contributed by atoms with Gasteiger partial charge in [-0.05, 0) is 38.2 Å². The predicted molar refractivity (Wildman–Crippen MR) is 132 cm³/mol. The molecule has 33 heavy (non-hydrogen) atoms. The quantitative estimate of drug-likeness (QED) is 0.435. The van der Waals surface area contributed by atoms with Crippen molar-refractivity contribution in [1.29, 1.82) is 0 Å². The van der Waals surface area contributed by atoms with Crippen LogP contribution in [0.4, 0.5) is 5.82 Å². The van der Waals surface area contributed by atoms with Crippen LogP contribution in [0.1, 0.15) is 43.0 Å². The Morgan fingerprint density at radius 3 is 2.76 bits per heavy atom. The van der Waals surface area contributed by atoms with E-state index in [4.69, 9.17) is 37.0 Å². The maximum atomic E-state index is 6.92. The highest BCUT2D eigenvalue weighted by atomic mass is 35.5. The van der Waals surface area contributed by atoms with Crippen LogP contribution in [0.15, 0.2) is 24.5 Å². The van der Waals surface area contributed by atoms with Crippen LogP contribution in [0.2, 0.25) is 5.02 Å². The minimum atomic E-state index is 0.304. The maximum Gasteiger partial charge on any atom is 0.159 e. The zero-order chi connectivity index (χ0) is 22.1. The molecule has 4 aromatic rings. The monoisotopic (exact) mass is 480 g/mol. The van der Waals surface area contributed by atoms with Crippen LogP contribution in [-0.2, 0) is 4.74 Å². The second-order valence-corrected chi connectivity index (χ2v) is 10.9. The van der Waals surface area contributed by atoms with E-state index in [-0.39, 0.29) is 0 Å². The van der Waals surface area contributed by atoms with Crippen LogP contribution >= 0.6 is 22.9 Å². The van der Waals surface area contributed by atoms with Gasteiger partial charge in [-0.15, -0.1) is 11.3 Å². The molecular weight excluding hydrogens is 456 g/mol. The molecule has 7 rings (SSSR count). The van der Waals surface area contributed by atoms with E-state index in [1.54, 1.807) is 11.3 Å². The van der Waals surface area contributed by atoms with E-state index in [2.05, 4.69) is 16.0 Å². The minimum absolute atomic E-state index is 0.304. The van der Waals surface area contributed by atoms with Crippen LogP contribution in [0.3, 0.4) is 0 Å². The zero-order valence-corrected chi connectivity index (χ0v) is 19.7. The third-order valence-corrected chi connectivity index (χ3v) is 9.24. The normalized spacial score (nSPS) is 27.3. The number of hydrogen-bond donors (Lipinski definition) is 2. The standard InChI is InChI=1S/C24H25ClN6OS/c25-20-16(3-4-18-22(20)33-24(29-18)12-5-6-32-11-12)17-9-28-23-21(17)27-10-19(30-23)31-14-1-2-15(31)8-13(26)7-14/h3-4,9-10,12-15H,1-2,5-8,11,26H2,(H,28,30)/t12?,13?,14-,15?/m0/s1. The van der Waals surface area contributed by atoms with Crippen molar-refractivity contribution in [2.75, 3.05) is 18.1 Å². The molecule has 7 nitrogen and oxygen atoms in total. The number of anilines is 1. The molecule has 4 atom stereocenters. The van der Waals surface area contributed by atoms with Gasteiger partial charge in [-0.2, -0.15) is 0 Å².